The molecule has 2 heterocycles. The summed E-state index contributed by atoms with van der Waals surface area (Å²) in [5.74, 6) is 2.01. The maximum absolute atomic E-state index is 6.50. The monoisotopic (exact) mass is 653 g/mol. The molecule has 7 aromatic carbocycles. The summed E-state index contributed by atoms with van der Waals surface area (Å²) in [7, 11) is 0. The molecule has 0 saturated carbocycles. The van der Waals surface area contributed by atoms with Gasteiger partial charge < -0.3 is 4.42 Å². The maximum Gasteiger partial charge on any atom is 0.164 e. The van der Waals surface area contributed by atoms with Gasteiger partial charge >= 0.3 is 0 Å². The number of furan rings is 1. The van der Waals surface area contributed by atoms with Crippen molar-refractivity contribution in [1.29, 1.82) is 0 Å². The fraction of sp³-hybridized carbons (Fsp3) is 0.0426. The molecule has 0 bridgehead atoms. The van der Waals surface area contributed by atoms with E-state index in [0.29, 0.717) is 17.5 Å². The Balaban J connectivity index is 1.15. The minimum absolute atomic E-state index is 0.662. The van der Waals surface area contributed by atoms with E-state index < -0.39 is 0 Å². The summed E-state index contributed by atoms with van der Waals surface area (Å²) in [5, 5.41) is 7.18. The molecular formula is C47H31N3O. The van der Waals surface area contributed by atoms with Gasteiger partial charge in [0.15, 0.2) is 17.5 Å². The fourth-order valence-electron chi connectivity index (χ4n) is 7.55. The van der Waals surface area contributed by atoms with Crippen LogP contribution in [0.5, 0.6) is 0 Å². The number of rotatable bonds is 5. The van der Waals surface area contributed by atoms with Gasteiger partial charge in [0.1, 0.15) is 11.0 Å². The van der Waals surface area contributed by atoms with Crippen LogP contribution < -0.4 is 10.6 Å². The summed E-state index contributed by atoms with van der Waals surface area (Å²) in [6.07, 6.45) is 3.86. The van der Waals surface area contributed by atoms with Gasteiger partial charge in [-0.05, 0) is 87.0 Å². The minimum Gasteiger partial charge on any atom is -0.456 e. The van der Waals surface area contributed by atoms with E-state index in [-0.39, 0.29) is 0 Å². The Morgan fingerprint density at radius 1 is 0.431 bits per heavy atom. The zero-order chi connectivity index (χ0) is 33.7. The van der Waals surface area contributed by atoms with Crippen LogP contribution in [0, 0.1) is 0 Å². The first-order valence-corrected chi connectivity index (χ1v) is 17.4. The molecule has 10 rings (SSSR count). The van der Waals surface area contributed by atoms with E-state index in [1.165, 1.54) is 32.7 Å². The lowest BCUT2D eigenvalue weighted by atomic mass is 9.91. The summed E-state index contributed by atoms with van der Waals surface area (Å²) in [6, 6.07) is 55.4. The van der Waals surface area contributed by atoms with Gasteiger partial charge in [-0.1, -0.05) is 133 Å². The Morgan fingerprint density at radius 2 is 1.04 bits per heavy atom. The fourth-order valence-corrected chi connectivity index (χ4v) is 7.55. The summed E-state index contributed by atoms with van der Waals surface area (Å²) < 4.78 is 6.50. The standard InChI is InChI=1S/C47H31N3O/c1-3-13-30(14-4-1)45-48-46(31-15-5-2-6-16-31)50-47(49-45)39-23-12-24-43-44(39)41-28-33(25-26-42(41)51-43)32-18-11-19-34(27-32)40-29-35-17-7-8-20-36(35)37-21-9-10-22-38(37)40/h1-11,13-22,24-29H,12,23H2. The van der Waals surface area contributed by atoms with Gasteiger partial charge in [-0.25, -0.2) is 15.0 Å². The normalized spacial score (nSPS) is 12.7. The molecule has 0 unspecified atom stereocenters. The van der Waals surface area contributed by atoms with E-state index in [0.717, 1.165) is 62.3 Å². The van der Waals surface area contributed by atoms with Crippen LogP contribution in [0.4, 0.5) is 0 Å². The number of fused-ring (bicyclic) bond motifs is 6. The van der Waals surface area contributed by atoms with E-state index >= 15 is 0 Å². The van der Waals surface area contributed by atoms with Gasteiger partial charge in [-0.3, -0.25) is 0 Å². The van der Waals surface area contributed by atoms with Crippen molar-refractivity contribution in [3.63, 3.8) is 0 Å². The van der Waals surface area contributed by atoms with Gasteiger partial charge in [0.05, 0.1) is 0 Å². The second-order valence-electron chi connectivity index (χ2n) is 13.1. The lowest BCUT2D eigenvalue weighted by Gasteiger charge is -2.13. The highest BCUT2D eigenvalue weighted by Gasteiger charge is 2.20. The third-order valence-corrected chi connectivity index (χ3v) is 9.99. The van der Waals surface area contributed by atoms with Crippen LogP contribution in [0.15, 0.2) is 162 Å². The van der Waals surface area contributed by atoms with Gasteiger partial charge in [0, 0.05) is 27.3 Å². The maximum atomic E-state index is 6.50. The molecule has 0 fully saturated rings. The molecule has 0 amide bonds. The van der Waals surface area contributed by atoms with Crippen LogP contribution >= 0.6 is 0 Å². The second-order valence-corrected chi connectivity index (χ2v) is 13.1. The van der Waals surface area contributed by atoms with Crippen molar-refractivity contribution in [1.82, 2.24) is 15.0 Å². The van der Waals surface area contributed by atoms with Gasteiger partial charge in [-0.15, -0.1) is 0 Å². The highest BCUT2D eigenvalue weighted by atomic mass is 16.3. The largest absolute Gasteiger partial charge is 0.456 e. The van der Waals surface area contributed by atoms with Gasteiger partial charge in [0.2, 0.25) is 0 Å². The molecule has 51 heavy (non-hydrogen) atoms. The molecule has 0 aliphatic heterocycles. The molecule has 0 spiro atoms. The van der Waals surface area contributed by atoms with Crippen molar-refractivity contribution in [2.45, 2.75) is 12.8 Å². The van der Waals surface area contributed by atoms with Crippen LogP contribution in [-0.4, -0.2) is 15.0 Å². The van der Waals surface area contributed by atoms with E-state index in [4.69, 9.17) is 19.4 Å². The van der Waals surface area contributed by atoms with Crippen molar-refractivity contribution in [3.8, 4) is 45.0 Å². The molecular weight excluding hydrogens is 623 g/mol. The Hall–Kier alpha value is -6.65. The highest BCUT2D eigenvalue weighted by molar-refractivity contribution is 6.13. The molecule has 1 aliphatic rings. The van der Waals surface area contributed by atoms with E-state index in [2.05, 4.69) is 103 Å². The van der Waals surface area contributed by atoms with Crippen molar-refractivity contribution in [2.24, 2.45) is 0 Å². The molecule has 4 heteroatoms. The lowest BCUT2D eigenvalue weighted by molar-refractivity contribution is 0.571. The number of benzene rings is 7. The molecule has 0 N–H and O–H groups in total. The SMILES string of the molecule is C1=c2oc3ccc(-c4cccc(-c5cc6ccccc6c6ccccc56)c4)cc3c2=C(c2nc(-c3ccccc3)nc(-c3ccccc3)n2)CC1. The average molecular weight is 654 g/mol. The predicted octanol–water partition coefficient (Wildman–Crippen LogP) is 10.4. The highest BCUT2D eigenvalue weighted by Crippen LogP contribution is 2.37. The lowest BCUT2D eigenvalue weighted by Crippen LogP contribution is -2.27. The zero-order valence-corrected chi connectivity index (χ0v) is 27.8. The predicted molar refractivity (Wildman–Crippen MR) is 208 cm³/mol. The second kappa shape index (κ2) is 12.0. The summed E-state index contributed by atoms with van der Waals surface area (Å²) in [5.41, 5.74) is 9.44. The molecule has 0 atom stereocenters. The Kier molecular flexibility index (Phi) is 6.91. The molecule has 2 aromatic heterocycles. The van der Waals surface area contributed by atoms with Crippen molar-refractivity contribution < 1.29 is 4.42 Å². The van der Waals surface area contributed by atoms with Crippen LogP contribution in [0.2, 0.25) is 0 Å². The zero-order valence-electron chi connectivity index (χ0n) is 27.8. The van der Waals surface area contributed by atoms with E-state index in [1.54, 1.807) is 0 Å². The quantitative estimate of drug-likeness (QED) is 0.174. The minimum atomic E-state index is 0.662. The van der Waals surface area contributed by atoms with Crippen LogP contribution in [0.1, 0.15) is 18.7 Å². The summed E-state index contributed by atoms with van der Waals surface area (Å²) in [4.78, 5) is 15.1. The van der Waals surface area contributed by atoms with E-state index in [1.807, 2.05) is 60.7 Å². The number of hydrogen-bond acceptors (Lipinski definition) is 4. The van der Waals surface area contributed by atoms with Crippen molar-refractivity contribution in [3.05, 3.63) is 174 Å². The molecule has 1 aliphatic carbocycles. The molecule has 0 saturated heterocycles. The summed E-state index contributed by atoms with van der Waals surface area (Å²) >= 11 is 0. The van der Waals surface area contributed by atoms with E-state index in [9.17, 15) is 0 Å². The summed E-state index contributed by atoms with van der Waals surface area (Å²) in [6.45, 7) is 0. The first-order chi connectivity index (χ1) is 25.3. The Morgan fingerprint density at radius 3 is 1.80 bits per heavy atom. The Bertz CT molecular complexity index is 2850. The average Bonchev–Trinajstić information content (AvgIpc) is 3.59. The molecule has 0 radical (unpaired) electrons. The number of nitrogens with zero attached hydrogens (tertiary/aromatic N) is 3. The molecule has 240 valence electrons. The molecule has 4 nitrogen and oxygen atoms in total. The number of aromatic nitrogens is 3. The van der Waals surface area contributed by atoms with Crippen molar-refractivity contribution >= 4 is 44.2 Å². The smallest absolute Gasteiger partial charge is 0.164 e. The van der Waals surface area contributed by atoms with Crippen LogP contribution in [0.3, 0.4) is 0 Å². The topological polar surface area (TPSA) is 51.8 Å². The van der Waals surface area contributed by atoms with Crippen molar-refractivity contribution in [2.75, 3.05) is 0 Å². The first kappa shape index (κ1) is 29.3. The first-order valence-electron chi connectivity index (χ1n) is 17.4. The third kappa shape index (κ3) is 5.12. The third-order valence-electron chi connectivity index (χ3n) is 9.99. The van der Waals surface area contributed by atoms with Gasteiger partial charge in [-0.2, -0.15) is 0 Å². The molecule has 9 aromatic rings. The number of hydrogen-bond donors (Lipinski definition) is 0. The van der Waals surface area contributed by atoms with Crippen LogP contribution in [0.25, 0.3) is 89.2 Å². The van der Waals surface area contributed by atoms with Gasteiger partial charge in [0.25, 0.3) is 0 Å². The van der Waals surface area contributed by atoms with Crippen LogP contribution in [-0.2, 0) is 0 Å². The Labute approximate surface area is 294 Å².